The van der Waals surface area contributed by atoms with E-state index in [1.54, 1.807) is 0 Å². The fourth-order valence-corrected chi connectivity index (χ4v) is 1.35. The van der Waals surface area contributed by atoms with Gasteiger partial charge in [0.1, 0.15) is 0 Å². The van der Waals surface area contributed by atoms with Crippen LogP contribution in [-0.2, 0) is 4.74 Å². The summed E-state index contributed by atoms with van der Waals surface area (Å²) in [5.74, 6) is 0. The Morgan fingerprint density at radius 1 is 1.58 bits per heavy atom. The van der Waals surface area contributed by atoms with E-state index >= 15 is 0 Å². The van der Waals surface area contributed by atoms with E-state index in [1.807, 2.05) is 6.08 Å². The number of ether oxygens (including phenoxy) is 1. The lowest BCUT2D eigenvalue weighted by molar-refractivity contribution is 0.0577. The van der Waals surface area contributed by atoms with Crippen LogP contribution in [0.1, 0.15) is 6.42 Å². The van der Waals surface area contributed by atoms with Crippen LogP contribution in [0.25, 0.3) is 0 Å². The molecule has 4 heteroatoms. The molecule has 66 valence electrons. The molecule has 0 aromatic carbocycles. The average Bonchev–Trinajstić information content (AvgIpc) is 2.15. The van der Waals surface area contributed by atoms with E-state index in [-0.39, 0.29) is 0 Å². The van der Waals surface area contributed by atoms with E-state index in [0.717, 1.165) is 31.3 Å². The minimum absolute atomic E-state index is 0.427. The van der Waals surface area contributed by atoms with Crippen LogP contribution in [0.5, 0.6) is 0 Å². The molecular formula is C8H12N2OS. The number of morpholine rings is 1. The second-order valence-electron chi connectivity index (χ2n) is 2.52. The summed E-state index contributed by atoms with van der Waals surface area (Å²) in [5.41, 5.74) is 0. The topological polar surface area (TPSA) is 36.3 Å². The van der Waals surface area contributed by atoms with Crippen molar-refractivity contribution in [1.82, 2.24) is 4.90 Å². The number of thiol groups is 1. The summed E-state index contributed by atoms with van der Waals surface area (Å²) >= 11 is 4.29. The molecule has 0 aromatic heterocycles. The maximum atomic E-state index is 8.34. The summed E-state index contributed by atoms with van der Waals surface area (Å²) in [6.45, 7) is 3.26. The van der Waals surface area contributed by atoms with Crippen LogP contribution in [0.2, 0.25) is 0 Å². The standard InChI is InChI=1S/C8H12N2OS/c9-3-1-2-8(12)10-4-6-11-7-5-10/h2,12H,1,4-7H2/b8-2-. The van der Waals surface area contributed by atoms with Gasteiger partial charge in [-0.05, 0) is 6.08 Å². The Bertz CT molecular complexity index is 204. The minimum Gasteiger partial charge on any atom is -0.378 e. The largest absolute Gasteiger partial charge is 0.378 e. The van der Waals surface area contributed by atoms with Crippen molar-refractivity contribution in [1.29, 1.82) is 5.26 Å². The molecular weight excluding hydrogens is 172 g/mol. The maximum Gasteiger partial charge on any atom is 0.0664 e. The zero-order valence-electron chi connectivity index (χ0n) is 6.86. The summed E-state index contributed by atoms with van der Waals surface area (Å²) in [6, 6.07) is 2.05. The van der Waals surface area contributed by atoms with Gasteiger partial charge in [0.05, 0.1) is 30.7 Å². The molecule has 0 unspecified atom stereocenters. The molecule has 12 heavy (non-hydrogen) atoms. The Balaban J connectivity index is 2.39. The predicted octanol–water partition coefficient (Wildman–Crippen LogP) is 1.00. The van der Waals surface area contributed by atoms with Crippen molar-refractivity contribution >= 4 is 12.6 Å². The van der Waals surface area contributed by atoms with Gasteiger partial charge in [0.15, 0.2) is 0 Å². The lowest BCUT2D eigenvalue weighted by Crippen LogP contribution is -2.34. The number of nitriles is 1. The van der Waals surface area contributed by atoms with Crippen molar-refractivity contribution in [3.63, 3.8) is 0 Å². The highest BCUT2D eigenvalue weighted by molar-refractivity contribution is 7.84. The molecule has 1 heterocycles. The molecule has 1 fully saturated rings. The zero-order valence-corrected chi connectivity index (χ0v) is 7.76. The summed E-state index contributed by atoms with van der Waals surface area (Å²) in [6.07, 6.45) is 2.25. The quantitative estimate of drug-likeness (QED) is 0.650. The third-order valence-electron chi connectivity index (χ3n) is 1.71. The molecule has 0 spiro atoms. The molecule has 0 saturated carbocycles. The average molecular weight is 184 g/mol. The number of nitrogens with zero attached hydrogens (tertiary/aromatic N) is 2. The Hall–Kier alpha value is -0.660. The molecule has 3 nitrogen and oxygen atoms in total. The van der Waals surface area contributed by atoms with Gasteiger partial charge < -0.3 is 9.64 Å². The highest BCUT2D eigenvalue weighted by Gasteiger charge is 2.09. The third kappa shape index (κ3) is 2.76. The molecule has 0 aliphatic carbocycles. The van der Waals surface area contributed by atoms with Gasteiger partial charge in [0.25, 0.3) is 0 Å². The number of hydrogen-bond donors (Lipinski definition) is 1. The van der Waals surface area contributed by atoms with E-state index < -0.39 is 0 Å². The van der Waals surface area contributed by atoms with Crippen LogP contribution in [0.3, 0.4) is 0 Å². The highest BCUT2D eigenvalue weighted by Crippen LogP contribution is 2.11. The van der Waals surface area contributed by atoms with Crippen molar-refractivity contribution < 1.29 is 4.74 Å². The van der Waals surface area contributed by atoms with Crippen molar-refractivity contribution in [2.45, 2.75) is 6.42 Å². The van der Waals surface area contributed by atoms with Crippen LogP contribution < -0.4 is 0 Å². The molecule has 0 N–H and O–H groups in total. The first-order chi connectivity index (χ1) is 5.84. The molecule has 0 atom stereocenters. The lowest BCUT2D eigenvalue weighted by atomic mass is 10.4. The molecule has 0 aromatic rings. The van der Waals surface area contributed by atoms with Gasteiger partial charge >= 0.3 is 0 Å². The number of hydrogen-bond acceptors (Lipinski definition) is 4. The van der Waals surface area contributed by atoms with Gasteiger partial charge in [-0.3, -0.25) is 0 Å². The summed E-state index contributed by atoms with van der Waals surface area (Å²) in [7, 11) is 0. The number of rotatable bonds is 2. The highest BCUT2D eigenvalue weighted by atomic mass is 32.1. The minimum atomic E-state index is 0.427. The van der Waals surface area contributed by atoms with Crippen LogP contribution in [-0.4, -0.2) is 31.2 Å². The van der Waals surface area contributed by atoms with Gasteiger partial charge in [-0.1, -0.05) is 0 Å². The first-order valence-electron chi connectivity index (χ1n) is 3.93. The second-order valence-corrected chi connectivity index (χ2v) is 2.98. The van der Waals surface area contributed by atoms with Gasteiger partial charge in [-0.25, -0.2) is 0 Å². The fourth-order valence-electron chi connectivity index (χ4n) is 1.06. The first-order valence-corrected chi connectivity index (χ1v) is 4.38. The molecule has 0 radical (unpaired) electrons. The Kier molecular flexibility index (Phi) is 3.98. The van der Waals surface area contributed by atoms with Crippen LogP contribution in [0, 0.1) is 11.3 Å². The lowest BCUT2D eigenvalue weighted by Gasteiger charge is -2.28. The van der Waals surface area contributed by atoms with Gasteiger partial charge in [0, 0.05) is 13.1 Å². The Morgan fingerprint density at radius 3 is 2.83 bits per heavy atom. The first kappa shape index (κ1) is 9.43. The molecule has 1 saturated heterocycles. The van der Waals surface area contributed by atoms with Gasteiger partial charge in [0.2, 0.25) is 0 Å². The number of allylic oxidation sites excluding steroid dienone is 1. The van der Waals surface area contributed by atoms with Crippen molar-refractivity contribution in [2.24, 2.45) is 0 Å². The maximum absolute atomic E-state index is 8.34. The van der Waals surface area contributed by atoms with Crippen molar-refractivity contribution in [3.8, 4) is 6.07 Å². The molecule has 1 aliphatic heterocycles. The van der Waals surface area contributed by atoms with Gasteiger partial charge in [-0.2, -0.15) is 5.26 Å². The SMILES string of the molecule is N#CC/C=C(\S)N1CCOCC1. The Morgan fingerprint density at radius 2 is 2.25 bits per heavy atom. The third-order valence-corrected chi connectivity index (χ3v) is 2.18. The predicted molar refractivity (Wildman–Crippen MR) is 49.7 cm³/mol. The van der Waals surface area contributed by atoms with E-state index in [4.69, 9.17) is 10.00 Å². The summed E-state index contributed by atoms with van der Waals surface area (Å²) < 4.78 is 5.19. The van der Waals surface area contributed by atoms with E-state index in [1.165, 1.54) is 0 Å². The van der Waals surface area contributed by atoms with Crippen molar-refractivity contribution in [3.05, 3.63) is 11.1 Å². The van der Waals surface area contributed by atoms with Gasteiger partial charge in [-0.15, -0.1) is 12.6 Å². The smallest absolute Gasteiger partial charge is 0.0664 e. The fraction of sp³-hybridized carbons (Fsp3) is 0.625. The zero-order chi connectivity index (χ0) is 8.81. The molecule has 1 rings (SSSR count). The summed E-state index contributed by atoms with van der Waals surface area (Å²) in [4.78, 5) is 2.12. The van der Waals surface area contributed by atoms with E-state index in [9.17, 15) is 0 Å². The Labute approximate surface area is 78.0 Å². The van der Waals surface area contributed by atoms with Crippen LogP contribution in [0.15, 0.2) is 11.1 Å². The summed E-state index contributed by atoms with van der Waals surface area (Å²) in [5, 5.41) is 9.23. The molecule has 0 bridgehead atoms. The van der Waals surface area contributed by atoms with Crippen LogP contribution >= 0.6 is 12.6 Å². The molecule has 1 aliphatic rings. The van der Waals surface area contributed by atoms with Crippen LogP contribution in [0.4, 0.5) is 0 Å². The van der Waals surface area contributed by atoms with Crippen molar-refractivity contribution in [2.75, 3.05) is 26.3 Å². The van der Waals surface area contributed by atoms with E-state index in [2.05, 4.69) is 23.6 Å². The second kappa shape index (κ2) is 5.07. The normalized spacial score (nSPS) is 19.0. The van der Waals surface area contributed by atoms with E-state index in [0.29, 0.717) is 6.42 Å². The molecule has 0 amide bonds. The monoisotopic (exact) mass is 184 g/mol.